The van der Waals surface area contributed by atoms with E-state index in [0.29, 0.717) is 6.42 Å². The van der Waals surface area contributed by atoms with Gasteiger partial charge in [0, 0.05) is 23.3 Å². The van der Waals surface area contributed by atoms with Gasteiger partial charge in [0.1, 0.15) is 0 Å². The van der Waals surface area contributed by atoms with Crippen LogP contribution in [0.1, 0.15) is 24.0 Å². The number of hydrogen-bond acceptors (Lipinski definition) is 2. The first-order valence-electron chi connectivity index (χ1n) is 4.42. The van der Waals surface area contributed by atoms with Gasteiger partial charge in [-0.25, -0.2) is 0 Å². The normalized spacial score (nSPS) is 10.1. The van der Waals surface area contributed by atoms with E-state index in [-0.39, 0.29) is 6.42 Å². The topological polar surface area (TPSA) is 50.2 Å². The van der Waals surface area contributed by atoms with Crippen molar-refractivity contribution in [2.75, 3.05) is 0 Å². The molecule has 1 heterocycles. The van der Waals surface area contributed by atoms with Crippen molar-refractivity contribution < 1.29 is 9.90 Å². The zero-order chi connectivity index (χ0) is 10.6. The summed E-state index contributed by atoms with van der Waals surface area (Å²) >= 11 is 3.39. The van der Waals surface area contributed by atoms with Crippen LogP contribution in [0.25, 0.3) is 0 Å². The molecule has 14 heavy (non-hydrogen) atoms. The minimum absolute atomic E-state index is 0.214. The highest BCUT2D eigenvalue weighted by Crippen LogP contribution is 2.19. The summed E-state index contributed by atoms with van der Waals surface area (Å²) in [5.41, 5.74) is 2.26. The van der Waals surface area contributed by atoms with E-state index in [0.717, 1.165) is 22.0 Å². The first kappa shape index (κ1) is 11.2. The number of halogens is 1. The van der Waals surface area contributed by atoms with Crippen LogP contribution in [-0.2, 0) is 11.2 Å². The molecule has 1 aromatic heterocycles. The van der Waals surface area contributed by atoms with E-state index in [4.69, 9.17) is 5.11 Å². The largest absolute Gasteiger partial charge is 0.481 e. The molecule has 0 aromatic carbocycles. The predicted octanol–water partition coefficient (Wildman–Crippen LogP) is 2.56. The molecule has 0 aliphatic rings. The highest BCUT2D eigenvalue weighted by atomic mass is 79.9. The maximum atomic E-state index is 10.3. The van der Waals surface area contributed by atoms with Gasteiger partial charge in [0.15, 0.2) is 0 Å². The van der Waals surface area contributed by atoms with Crippen molar-refractivity contribution in [3.63, 3.8) is 0 Å². The van der Waals surface area contributed by atoms with Gasteiger partial charge in [-0.3, -0.25) is 9.78 Å². The Labute approximate surface area is 91.3 Å². The van der Waals surface area contributed by atoms with Crippen LogP contribution in [0.5, 0.6) is 0 Å². The predicted molar refractivity (Wildman–Crippen MR) is 57.2 cm³/mol. The first-order valence-corrected chi connectivity index (χ1v) is 5.21. The summed E-state index contributed by atoms with van der Waals surface area (Å²) in [5, 5.41) is 8.49. The third-order valence-corrected chi connectivity index (χ3v) is 2.89. The van der Waals surface area contributed by atoms with Crippen molar-refractivity contribution in [3.8, 4) is 0 Å². The summed E-state index contributed by atoms with van der Waals surface area (Å²) in [6.07, 6.45) is 5.18. The van der Waals surface area contributed by atoms with Gasteiger partial charge in [-0.15, -0.1) is 0 Å². The molecule has 1 rings (SSSR count). The Morgan fingerprint density at radius 3 is 2.93 bits per heavy atom. The fourth-order valence-corrected chi connectivity index (χ4v) is 1.59. The van der Waals surface area contributed by atoms with Crippen LogP contribution in [0.4, 0.5) is 0 Å². The summed E-state index contributed by atoms with van der Waals surface area (Å²) in [7, 11) is 0. The Hall–Kier alpha value is -0.900. The van der Waals surface area contributed by atoms with Gasteiger partial charge in [0.25, 0.3) is 0 Å². The Balaban J connectivity index is 2.59. The molecule has 0 atom stereocenters. The van der Waals surface area contributed by atoms with Crippen LogP contribution in [0.3, 0.4) is 0 Å². The van der Waals surface area contributed by atoms with Crippen molar-refractivity contribution in [3.05, 3.63) is 28.0 Å². The van der Waals surface area contributed by atoms with Crippen LogP contribution >= 0.6 is 15.9 Å². The number of aliphatic carboxylic acids is 1. The lowest BCUT2D eigenvalue weighted by atomic mass is 10.1. The van der Waals surface area contributed by atoms with E-state index in [2.05, 4.69) is 20.9 Å². The van der Waals surface area contributed by atoms with Crippen LogP contribution in [0, 0.1) is 6.92 Å². The second-order valence-corrected chi connectivity index (χ2v) is 4.01. The number of carboxylic acid groups (broad SMARTS) is 1. The molecule has 0 spiro atoms. The molecule has 4 heteroatoms. The molecule has 0 aliphatic heterocycles. The maximum absolute atomic E-state index is 10.3. The summed E-state index contributed by atoms with van der Waals surface area (Å²) in [4.78, 5) is 14.4. The summed E-state index contributed by atoms with van der Waals surface area (Å²) < 4.78 is 0.977. The number of rotatable bonds is 4. The van der Waals surface area contributed by atoms with Gasteiger partial charge in [-0.1, -0.05) is 0 Å². The van der Waals surface area contributed by atoms with Crippen LogP contribution in [0.2, 0.25) is 0 Å². The first-order chi connectivity index (χ1) is 6.61. The molecule has 0 unspecified atom stereocenters. The van der Waals surface area contributed by atoms with E-state index < -0.39 is 5.97 Å². The molecule has 0 fully saturated rings. The van der Waals surface area contributed by atoms with E-state index in [1.165, 1.54) is 0 Å². The average molecular weight is 258 g/mol. The maximum Gasteiger partial charge on any atom is 0.303 e. The average Bonchev–Trinajstić information content (AvgIpc) is 2.12. The molecule has 3 nitrogen and oxygen atoms in total. The van der Waals surface area contributed by atoms with Gasteiger partial charge in [-0.2, -0.15) is 0 Å². The highest BCUT2D eigenvalue weighted by Gasteiger charge is 2.03. The van der Waals surface area contributed by atoms with Crippen molar-refractivity contribution in [2.45, 2.75) is 26.2 Å². The quantitative estimate of drug-likeness (QED) is 0.902. The standard InChI is InChI=1S/C10H12BrNO2/c1-7-8(3-2-4-10(13)14)5-12-6-9(7)11/h5-6H,2-4H2,1H3,(H,13,14). The van der Waals surface area contributed by atoms with Crippen LogP contribution in [-0.4, -0.2) is 16.1 Å². The van der Waals surface area contributed by atoms with Gasteiger partial charge < -0.3 is 5.11 Å². The number of hydrogen-bond donors (Lipinski definition) is 1. The van der Waals surface area contributed by atoms with E-state index >= 15 is 0 Å². The molecule has 0 saturated heterocycles. The molecular formula is C10H12BrNO2. The van der Waals surface area contributed by atoms with Crippen molar-refractivity contribution >= 4 is 21.9 Å². The van der Waals surface area contributed by atoms with E-state index in [1.54, 1.807) is 12.4 Å². The number of aromatic nitrogens is 1. The zero-order valence-electron chi connectivity index (χ0n) is 7.96. The molecule has 0 aliphatic carbocycles. The number of nitrogens with zero attached hydrogens (tertiary/aromatic N) is 1. The Morgan fingerprint density at radius 2 is 2.29 bits per heavy atom. The third kappa shape index (κ3) is 3.10. The molecule has 0 radical (unpaired) electrons. The molecule has 0 saturated carbocycles. The van der Waals surface area contributed by atoms with Crippen molar-refractivity contribution in [1.29, 1.82) is 0 Å². The molecule has 0 bridgehead atoms. The summed E-state index contributed by atoms with van der Waals surface area (Å²) in [5.74, 6) is -0.745. The van der Waals surface area contributed by atoms with Gasteiger partial charge in [0.2, 0.25) is 0 Å². The molecular weight excluding hydrogens is 246 g/mol. The number of carbonyl (C=O) groups is 1. The highest BCUT2D eigenvalue weighted by molar-refractivity contribution is 9.10. The monoisotopic (exact) mass is 257 g/mol. The Bertz CT molecular complexity index is 339. The Kier molecular flexibility index (Phi) is 4.07. The molecule has 1 aromatic rings. The summed E-state index contributed by atoms with van der Waals surface area (Å²) in [6, 6.07) is 0. The fourth-order valence-electron chi connectivity index (χ4n) is 1.22. The smallest absolute Gasteiger partial charge is 0.303 e. The molecule has 1 N–H and O–H groups in total. The Morgan fingerprint density at radius 1 is 1.57 bits per heavy atom. The number of aryl methyl sites for hydroxylation is 1. The summed E-state index contributed by atoms with van der Waals surface area (Å²) in [6.45, 7) is 2.00. The minimum atomic E-state index is -0.745. The lowest BCUT2D eigenvalue weighted by Crippen LogP contribution is -1.98. The second-order valence-electron chi connectivity index (χ2n) is 3.15. The van der Waals surface area contributed by atoms with Gasteiger partial charge in [-0.05, 0) is 46.8 Å². The number of pyridine rings is 1. The van der Waals surface area contributed by atoms with Gasteiger partial charge in [0.05, 0.1) is 0 Å². The van der Waals surface area contributed by atoms with Gasteiger partial charge >= 0.3 is 5.97 Å². The van der Waals surface area contributed by atoms with E-state index in [9.17, 15) is 4.79 Å². The molecule has 0 amide bonds. The third-order valence-electron chi connectivity index (χ3n) is 2.09. The minimum Gasteiger partial charge on any atom is -0.481 e. The lowest BCUT2D eigenvalue weighted by Gasteiger charge is -2.05. The van der Waals surface area contributed by atoms with Crippen LogP contribution in [0.15, 0.2) is 16.9 Å². The van der Waals surface area contributed by atoms with Crippen LogP contribution < -0.4 is 0 Å². The van der Waals surface area contributed by atoms with Crippen molar-refractivity contribution in [1.82, 2.24) is 4.98 Å². The fraction of sp³-hybridized carbons (Fsp3) is 0.400. The molecule has 76 valence electrons. The lowest BCUT2D eigenvalue weighted by molar-refractivity contribution is -0.137. The SMILES string of the molecule is Cc1c(Br)cncc1CCCC(=O)O. The second kappa shape index (κ2) is 5.10. The van der Waals surface area contributed by atoms with E-state index in [1.807, 2.05) is 6.92 Å². The zero-order valence-corrected chi connectivity index (χ0v) is 9.54. The van der Waals surface area contributed by atoms with Crippen molar-refractivity contribution in [2.24, 2.45) is 0 Å². The number of carboxylic acids is 1.